The molecule has 4 aromatic carbocycles. The van der Waals surface area contributed by atoms with E-state index in [1.54, 1.807) is 22.3 Å². The van der Waals surface area contributed by atoms with Crippen molar-refractivity contribution < 1.29 is 0 Å². The highest BCUT2D eigenvalue weighted by atomic mass is 15.2. The van der Waals surface area contributed by atoms with Gasteiger partial charge in [0.05, 0.1) is 0 Å². The van der Waals surface area contributed by atoms with Crippen LogP contribution in [0.3, 0.4) is 0 Å². The molecule has 4 aliphatic carbocycles. The SMILES string of the molecule is CC(C)N(c1ccc2c(c1)C1(CCCC1)c1ccccc1-2)c1ccc2c(c1)C1(CCCC1)c1ccccc1-2. The van der Waals surface area contributed by atoms with Gasteiger partial charge in [-0.3, -0.25) is 0 Å². The Bertz CT molecular complexity index is 1450. The Hall–Kier alpha value is -3.32. The summed E-state index contributed by atoms with van der Waals surface area (Å²) in [7, 11) is 0. The van der Waals surface area contributed by atoms with Gasteiger partial charge in [0.2, 0.25) is 0 Å². The zero-order chi connectivity index (χ0) is 25.5. The molecule has 0 aromatic heterocycles. The Balaban J connectivity index is 1.27. The van der Waals surface area contributed by atoms with Crippen LogP contribution in [0.2, 0.25) is 0 Å². The summed E-state index contributed by atoms with van der Waals surface area (Å²) in [6, 6.07) is 33.5. The number of hydrogen-bond acceptors (Lipinski definition) is 1. The smallest absolute Gasteiger partial charge is 0.0416 e. The molecule has 8 rings (SSSR count). The van der Waals surface area contributed by atoms with Crippen molar-refractivity contribution >= 4 is 11.4 Å². The van der Waals surface area contributed by atoms with Crippen molar-refractivity contribution in [3.63, 3.8) is 0 Å². The molecule has 2 fully saturated rings. The third-order valence-corrected chi connectivity index (χ3v) is 10.5. The molecule has 0 saturated heterocycles. The van der Waals surface area contributed by atoms with E-state index in [-0.39, 0.29) is 10.8 Å². The van der Waals surface area contributed by atoms with Gasteiger partial charge >= 0.3 is 0 Å². The first-order chi connectivity index (χ1) is 18.6. The molecule has 0 radical (unpaired) electrons. The lowest BCUT2D eigenvalue weighted by molar-refractivity contribution is 0.549. The minimum atomic E-state index is 0.206. The monoisotopic (exact) mass is 495 g/mol. The molecule has 1 heteroatoms. The van der Waals surface area contributed by atoms with E-state index < -0.39 is 0 Å². The molecule has 0 heterocycles. The maximum atomic E-state index is 2.60. The number of benzene rings is 4. The predicted molar refractivity (Wildman–Crippen MR) is 160 cm³/mol. The molecule has 4 aromatic rings. The molecule has 4 aliphatic rings. The Morgan fingerprint density at radius 1 is 0.500 bits per heavy atom. The van der Waals surface area contributed by atoms with Gasteiger partial charge < -0.3 is 4.90 Å². The third kappa shape index (κ3) is 2.88. The molecule has 190 valence electrons. The van der Waals surface area contributed by atoms with Crippen molar-refractivity contribution in [1.29, 1.82) is 0 Å². The lowest BCUT2D eigenvalue weighted by Gasteiger charge is -2.33. The van der Waals surface area contributed by atoms with Crippen LogP contribution < -0.4 is 4.90 Å². The number of nitrogens with zero attached hydrogens (tertiary/aromatic N) is 1. The van der Waals surface area contributed by atoms with Gasteiger partial charge in [-0.1, -0.05) is 86.3 Å². The Morgan fingerprint density at radius 2 is 0.895 bits per heavy atom. The fourth-order valence-electron chi connectivity index (χ4n) is 8.97. The van der Waals surface area contributed by atoms with E-state index >= 15 is 0 Å². The number of hydrogen-bond donors (Lipinski definition) is 0. The summed E-state index contributed by atoms with van der Waals surface area (Å²) in [5.41, 5.74) is 15.2. The van der Waals surface area contributed by atoms with Crippen molar-refractivity contribution in [2.45, 2.75) is 82.1 Å². The van der Waals surface area contributed by atoms with E-state index in [0.717, 1.165) is 0 Å². The lowest BCUT2D eigenvalue weighted by atomic mass is 9.76. The summed E-state index contributed by atoms with van der Waals surface area (Å²) in [5.74, 6) is 0. The van der Waals surface area contributed by atoms with Gasteiger partial charge in [0.25, 0.3) is 0 Å². The van der Waals surface area contributed by atoms with E-state index in [4.69, 9.17) is 0 Å². The minimum Gasteiger partial charge on any atom is -0.339 e. The summed E-state index contributed by atoms with van der Waals surface area (Å²) in [6.07, 6.45) is 10.4. The minimum absolute atomic E-state index is 0.206. The van der Waals surface area contributed by atoms with E-state index in [9.17, 15) is 0 Å². The number of rotatable bonds is 3. The van der Waals surface area contributed by atoms with Crippen LogP contribution in [0.15, 0.2) is 84.9 Å². The molecular formula is C37H37N. The van der Waals surface area contributed by atoms with Crippen molar-refractivity contribution in [2.75, 3.05) is 4.90 Å². The highest BCUT2D eigenvalue weighted by molar-refractivity contribution is 5.86. The van der Waals surface area contributed by atoms with E-state index in [2.05, 4.69) is 104 Å². The summed E-state index contributed by atoms with van der Waals surface area (Å²) in [5, 5.41) is 0. The summed E-state index contributed by atoms with van der Waals surface area (Å²) < 4.78 is 0. The van der Waals surface area contributed by atoms with Gasteiger partial charge in [-0.25, -0.2) is 0 Å². The first kappa shape index (κ1) is 22.6. The highest BCUT2D eigenvalue weighted by Crippen LogP contribution is 2.59. The quantitative estimate of drug-likeness (QED) is 0.273. The van der Waals surface area contributed by atoms with Crippen LogP contribution in [0.25, 0.3) is 22.3 Å². The van der Waals surface area contributed by atoms with Crippen LogP contribution in [-0.4, -0.2) is 6.04 Å². The van der Waals surface area contributed by atoms with Gasteiger partial charge in [0.1, 0.15) is 0 Å². The van der Waals surface area contributed by atoms with Crippen molar-refractivity contribution in [2.24, 2.45) is 0 Å². The van der Waals surface area contributed by atoms with Crippen LogP contribution in [0, 0.1) is 0 Å². The van der Waals surface area contributed by atoms with Crippen LogP contribution in [-0.2, 0) is 10.8 Å². The normalized spacial score (nSPS) is 19.1. The van der Waals surface area contributed by atoms with Gasteiger partial charge in [-0.15, -0.1) is 0 Å². The highest BCUT2D eigenvalue weighted by Gasteiger charge is 2.46. The second-order valence-corrected chi connectivity index (χ2v) is 12.6. The van der Waals surface area contributed by atoms with Crippen molar-refractivity contribution in [1.82, 2.24) is 0 Å². The fraction of sp³-hybridized carbons (Fsp3) is 0.351. The molecule has 2 saturated carbocycles. The van der Waals surface area contributed by atoms with E-state index in [1.165, 1.54) is 85.0 Å². The van der Waals surface area contributed by atoms with Gasteiger partial charge in [-0.2, -0.15) is 0 Å². The van der Waals surface area contributed by atoms with E-state index in [0.29, 0.717) is 6.04 Å². The van der Waals surface area contributed by atoms with Gasteiger partial charge in [0, 0.05) is 28.2 Å². The van der Waals surface area contributed by atoms with Gasteiger partial charge in [-0.05, 0) is 108 Å². The molecular weight excluding hydrogens is 458 g/mol. The molecule has 0 N–H and O–H groups in total. The zero-order valence-electron chi connectivity index (χ0n) is 22.8. The van der Waals surface area contributed by atoms with Crippen LogP contribution in [0.4, 0.5) is 11.4 Å². The van der Waals surface area contributed by atoms with Crippen LogP contribution >= 0.6 is 0 Å². The number of fused-ring (bicyclic) bond motifs is 10. The van der Waals surface area contributed by atoms with Crippen LogP contribution in [0.5, 0.6) is 0 Å². The average Bonchev–Trinajstić information content (AvgIpc) is 3.73. The molecule has 38 heavy (non-hydrogen) atoms. The maximum absolute atomic E-state index is 2.60. The second-order valence-electron chi connectivity index (χ2n) is 12.6. The lowest BCUT2D eigenvalue weighted by Crippen LogP contribution is -2.27. The second kappa shape index (κ2) is 8.09. The molecule has 1 nitrogen and oxygen atoms in total. The molecule has 2 spiro atoms. The molecule has 0 bridgehead atoms. The zero-order valence-corrected chi connectivity index (χ0v) is 22.8. The first-order valence-corrected chi connectivity index (χ1v) is 14.9. The van der Waals surface area contributed by atoms with Crippen molar-refractivity contribution in [3.05, 3.63) is 107 Å². The van der Waals surface area contributed by atoms with Gasteiger partial charge in [0.15, 0.2) is 0 Å². The summed E-state index contributed by atoms with van der Waals surface area (Å²) >= 11 is 0. The fourth-order valence-corrected chi connectivity index (χ4v) is 8.97. The van der Waals surface area contributed by atoms with E-state index in [1.807, 2.05) is 0 Å². The van der Waals surface area contributed by atoms with Crippen molar-refractivity contribution in [3.8, 4) is 22.3 Å². The Kier molecular flexibility index (Phi) is 4.82. The topological polar surface area (TPSA) is 3.24 Å². The molecule has 0 aliphatic heterocycles. The molecule has 0 amide bonds. The summed E-state index contributed by atoms with van der Waals surface area (Å²) in [6.45, 7) is 4.70. The standard InChI is InChI=1S/C37H37N/c1-25(2)38(26-15-17-30-28-11-3-5-13-32(28)36(34(30)23-26)19-7-8-20-36)27-16-18-31-29-12-4-6-14-33(29)37(35(31)24-27)21-9-10-22-37/h3-6,11-18,23-25H,7-10,19-22H2,1-2H3. The predicted octanol–water partition coefficient (Wildman–Crippen LogP) is 9.91. The largest absolute Gasteiger partial charge is 0.339 e. The third-order valence-electron chi connectivity index (χ3n) is 10.5. The molecule has 0 unspecified atom stereocenters. The van der Waals surface area contributed by atoms with Crippen LogP contribution in [0.1, 0.15) is 87.5 Å². The first-order valence-electron chi connectivity index (χ1n) is 14.9. The average molecular weight is 496 g/mol. The molecule has 0 atom stereocenters. The maximum Gasteiger partial charge on any atom is 0.0416 e. The summed E-state index contributed by atoms with van der Waals surface area (Å²) in [4.78, 5) is 2.60. The number of anilines is 2. The Labute approximate surface area is 227 Å². The Morgan fingerprint density at radius 3 is 1.32 bits per heavy atom.